The average Bonchev–Trinajstić information content (AvgIpc) is 1.12. The van der Waals surface area contributed by atoms with Crippen LogP contribution in [0.15, 0.2) is 0 Å². The van der Waals surface area contributed by atoms with Crippen LogP contribution in [-0.4, -0.2) is 32.2 Å². The molecule has 8 nitrogen and oxygen atoms in total. The Kier molecular flexibility index (Phi) is 16.6. The van der Waals surface area contributed by atoms with Gasteiger partial charge in [0.1, 0.15) is 0 Å². The summed E-state index contributed by atoms with van der Waals surface area (Å²) in [6, 6.07) is 0. The van der Waals surface area contributed by atoms with Gasteiger partial charge in [-0.3, -0.25) is 9.11 Å². The summed E-state index contributed by atoms with van der Waals surface area (Å²) in [6.07, 6.45) is 0. The van der Waals surface area contributed by atoms with Crippen LogP contribution in [0.5, 0.6) is 0 Å². The van der Waals surface area contributed by atoms with Gasteiger partial charge >= 0.3 is 18.2 Å². The first-order valence-corrected chi connectivity index (χ1v) is 4.44. The standard InChI is InChI=1S/2Fe.H3O4P.H2O4S/c;;2*1-5(2,3)4/h;;(H3,1,2,3,4);(H2,1,2,3,4). The Morgan fingerprint density at radius 2 is 0.917 bits per heavy atom. The van der Waals surface area contributed by atoms with E-state index in [0.29, 0.717) is 0 Å². The van der Waals surface area contributed by atoms with Crippen LogP contribution in [0.4, 0.5) is 0 Å². The third kappa shape index (κ3) is 1070. The van der Waals surface area contributed by atoms with Crippen molar-refractivity contribution < 1.29 is 70.9 Å². The summed E-state index contributed by atoms with van der Waals surface area (Å²) in [7, 11) is -9.31. The summed E-state index contributed by atoms with van der Waals surface area (Å²) < 4.78 is 40.5. The first kappa shape index (κ1) is 23.1. The zero-order valence-electron chi connectivity index (χ0n) is 5.02. The summed E-state index contributed by atoms with van der Waals surface area (Å²) in [5.41, 5.74) is 0. The predicted octanol–water partition coefficient (Wildman–Crippen LogP) is -1.59. The van der Waals surface area contributed by atoms with Gasteiger partial charge in [-0.2, -0.15) is 8.42 Å². The molecular formula is H5Fe2O8PS. The van der Waals surface area contributed by atoms with Crippen molar-refractivity contribution in [1.82, 2.24) is 0 Å². The SMILES string of the molecule is O=P(O)(O)O.O=S(=O)(O)O.[Fe].[Fe]. The molecule has 5 N–H and O–H groups in total. The Morgan fingerprint density at radius 1 is 0.917 bits per heavy atom. The van der Waals surface area contributed by atoms with Gasteiger partial charge in [-0.1, -0.05) is 0 Å². The summed E-state index contributed by atoms with van der Waals surface area (Å²) >= 11 is 0. The van der Waals surface area contributed by atoms with Crippen molar-refractivity contribution >= 4 is 18.2 Å². The smallest absolute Gasteiger partial charge is 0.303 e. The van der Waals surface area contributed by atoms with E-state index in [1.807, 2.05) is 0 Å². The second-order valence-electron chi connectivity index (χ2n) is 0.961. The molecule has 0 aromatic carbocycles. The topological polar surface area (TPSA) is 152 Å². The minimum Gasteiger partial charge on any atom is -0.303 e. The van der Waals surface area contributed by atoms with Crippen LogP contribution in [0.25, 0.3) is 0 Å². The molecule has 0 atom stereocenters. The van der Waals surface area contributed by atoms with Gasteiger partial charge in [0.2, 0.25) is 0 Å². The normalized spacial score (nSPS) is 9.75. The largest absolute Gasteiger partial charge is 0.466 e. The van der Waals surface area contributed by atoms with Crippen LogP contribution < -0.4 is 0 Å². The molecule has 0 aromatic rings. The van der Waals surface area contributed by atoms with E-state index in [9.17, 15) is 0 Å². The summed E-state index contributed by atoms with van der Waals surface area (Å²) in [4.78, 5) is 21.6. The summed E-state index contributed by atoms with van der Waals surface area (Å²) in [6.45, 7) is 0. The molecule has 0 bridgehead atoms. The van der Waals surface area contributed by atoms with Gasteiger partial charge in [0.05, 0.1) is 0 Å². The molecule has 0 heterocycles. The second-order valence-corrected chi connectivity index (χ2v) is 2.88. The molecule has 0 saturated carbocycles. The molecule has 12 heteroatoms. The fourth-order valence-electron chi connectivity index (χ4n) is 0. The van der Waals surface area contributed by atoms with Crippen molar-refractivity contribution in [2.45, 2.75) is 0 Å². The van der Waals surface area contributed by atoms with E-state index in [0.717, 1.165) is 0 Å². The average molecular weight is 308 g/mol. The minimum absolute atomic E-state index is 0. The fraction of sp³-hybridized carbons (Fsp3) is 0. The Hall–Kier alpha value is 1.02. The fourth-order valence-corrected chi connectivity index (χ4v) is 0. The molecule has 0 fully saturated rings. The van der Waals surface area contributed by atoms with E-state index < -0.39 is 18.2 Å². The summed E-state index contributed by atoms with van der Waals surface area (Å²) in [5, 5.41) is 0. The van der Waals surface area contributed by atoms with Gasteiger partial charge in [0.15, 0.2) is 0 Å². The van der Waals surface area contributed by atoms with Crippen LogP contribution in [0.1, 0.15) is 0 Å². The maximum atomic E-state index is 8.88. The van der Waals surface area contributed by atoms with E-state index in [4.69, 9.17) is 36.8 Å². The summed E-state index contributed by atoms with van der Waals surface area (Å²) in [5.74, 6) is 0. The Morgan fingerprint density at radius 3 is 0.917 bits per heavy atom. The first-order valence-electron chi connectivity index (χ1n) is 1.48. The van der Waals surface area contributed by atoms with Gasteiger partial charge in [-0.15, -0.1) is 0 Å². The van der Waals surface area contributed by atoms with Gasteiger partial charge in [0, 0.05) is 34.1 Å². The maximum Gasteiger partial charge on any atom is 0.466 e. The van der Waals surface area contributed by atoms with Gasteiger partial charge in [-0.25, -0.2) is 4.57 Å². The van der Waals surface area contributed by atoms with Crippen molar-refractivity contribution in [3.63, 3.8) is 0 Å². The number of hydrogen-bond acceptors (Lipinski definition) is 3. The molecule has 0 saturated heterocycles. The van der Waals surface area contributed by atoms with Gasteiger partial charge in [0.25, 0.3) is 0 Å². The number of hydrogen-bond donors (Lipinski definition) is 5. The van der Waals surface area contributed by atoms with Crippen LogP contribution in [-0.2, 0) is 49.1 Å². The Labute approximate surface area is 89.1 Å². The minimum atomic E-state index is -4.67. The number of rotatable bonds is 0. The number of phosphoric acid groups is 1. The Bertz CT molecular complexity index is 195. The van der Waals surface area contributed by atoms with Crippen LogP contribution >= 0.6 is 7.82 Å². The van der Waals surface area contributed by atoms with Gasteiger partial charge < -0.3 is 14.7 Å². The van der Waals surface area contributed by atoms with Gasteiger partial charge in [-0.05, 0) is 0 Å². The van der Waals surface area contributed by atoms with Crippen LogP contribution in [0.2, 0.25) is 0 Å². The molecule has 0 aromatic heterocycles. The Balaban J connectivity index is -0.0000000457. The first-order chi connectivity index (χ1) is 4.00. The predicted molar refractivity (Wildman–Crippen MR) is 28.4 cm³/mol. The van der Waals surface area contributed by atoms with Crippen molar-refractivity contribution in [3.8, 4) is 0 Å². The molecule has 80 valence electrons. The molecule has 0 aliphatic carbocycles. The van der Waals surface area contributed by atoms with Crippen LogP contribution in [0.3, 0.4) is 0 Å². The quantitative estimate of drug-likeness (QED) is 0.204. The van der Waals surface area contributed by atoms with E-state index in [2.05, 4.69) is 0 Å². The molecular weight excluding hydrogens is 303 g/mol. The molecule has 12 heavy (non-hydrogen) atoms. The monoisotopic (exact) mass is 308 g/mol. The molecule has 0 rings (SSSR count). The van der Waals surface area contributed by atoms with Crippen molar-refractivity contribution in [1.29, 1.82) is 0 Å². The maximum absolute atomic E-state index is 8.88. The van der Waals surface area contributed by atoms with E-state index in [-0.39, 0.29) is 34.1 Å². The zero-order chi connectivity index (χ0) is 9.00. The van der Waals surface area contributed by atoms with Crippen molar-refractivity contribution in [3.05, 3.63) is 0 Å². The van der Waals surface area contributed by atoms with E-state index in [1.54, 1.807) is 0 Å². The van der Waals surface area contributed by atoms with Crippen molar-refractivity contribution in [2.24, 2.45) is 0 Å². The van der Waals surface area contributed by atoms with E-state index in [1.165, 1.54) is 0 Å². The van der Waals surface area contributed by atoms with E-state index >= 15 is 0 Å². The molecule has 0 unspecified atom stereocenters. The van der Waals surface area contributed by atoms with Crippen LogP contribution in [0, 0.1) is 0 Å². The molecule has 0 radical (unpaired) electrons. The zero-order valence-corrected chi connectivity index (χ0v) is 8.94. The molecule has 0 aliphatic rings. The molecule has 0 amide bonds. The molecule has 0 aliphatic heterocycles. The van der Waals surface area contributed by atoms with Crippen molar-refractivity contribution in [2.75, 3.05) is 0 Å². The third-order valence-corrected chi connectivity index (χ3v) is 0. The third-order valence-electron chi connectivity index (χ3n) is 0. The molecule has 0 spiro atoms. The second kappa shape index (κ2) is 8.61.